The highest BCUT2D eigenvalue weighted by molar-refractivity contribution is 7.23. The highest BCUT2D eigenvalue weighted by atomic mass is 32.1. The first-order chi connectivity index (χ1) is 15.8. The first kappa shape index (κ1) is 28.5. The fraction of sp³-hybridized carbons (Fsp3) is 0.444. The summed E-state index contributed by atoms with van der Waals surface area (Å²) in [7, 11) is 0. The molecule has 0 atom stereocenters. The van der Waals surface area contributed by atoms with Gasteiger partial charge in [0.1, 0.15) is 10.6 Å². The van der Waals surface area contributed by atoms with E-state index in [0.717, 1.165) is 5.32 Å². The molecule has 0 spiro atoms. The van der Waals surface area contributed by atoms with E-state index >= 15 is 0 Å². The number of thiophene rings is 1. The summed E-state index contributed by atoms with van der Waals surface area (Å²) in [6.45, 7) is 1.00. The summed E-state index contributed by atoms with van der Waals surface area (Å²) in [5, 5.41) is -0.0288. The van der Waals surface area contributed by atoms with E-state index in [4.69, 9.17) is 0 Å². The molecular formula is C18H11F12NO3S. The molecule has 17 heteroatoms. The van der Waals surface area contributed by atoms with Gasteiger partial charge in [-0.2, -0.15) is 43.9 Å². The predicted molar refractivity (Wildman–Crippen MR) is 97.2 cm³/mol. The lowest BCUT2D eigenvalue weighted by molar-refractivity contribution is -0.406. The number of carbonyl (C=O) groups is 2. The molecule has 1 heterocycles. The van der Waals surface area contributed by atoms with Gasteiger partial charge in [0, 0.05) is 10.1 Å². The molecule has 1 aromatic carbocycles. The van der Waals surface area contributed by atoms with Crippen LogP contribution in [0.15, 0.2) is 24.3 Å². The molecule has 35 heavy (non-hydrogen) atoms. The van der Waals surface area contributed by atoms with Crippen LogP contribution in [-0.4, -0.2) is 54.5 Å². The lowest BCUT2D eigenvalue weighted by Crippen LogP contribution is -2.70. The monoisotopic (exact) mass is 549 g/mol. The molecule has 0 fully saturated rings. The average molecular weight is 549 g/mol. The molecule has 0 aliphatic heterocycles. The molecule has 4 nitrogen and oxygen atoms in total. The van der Waals surface area contributed by atoms with Crippen molar-refractivity contribution in [2.24, 2.45) is 0 Å². The Hall–Kier alpha value is -2.72. The van der Waals surface area contributed by atoms with Crippen LogP contribution in [0.2, 0.25) is 0 Å². The number of hydrogen-bond donors (Lipinski definition) is 1. The minimum absolute atomic E-state index is 0.0642. The highest BCUT2D eigenvalue weighted by Gasteiger charge is 2.89. The molecule has 1 amide bonds. The quantitative estimate of drug-likeness (QED) is 0.289. The van der Waals surface area contributed by atoms with Crippen LogP contribution < -0.4 is 5.32 Å². The van der Waals surface area contributed by atoms with Crippen LogP contribution in [0.4, 0.5) is 57.7 Å². The van der Waals surface area contributed by atoms with Gasteiger partial charge in [-0.25, -0.2) is 13.6 Å². The lowest BCUT2D eigenvalue weighted by Gasteiger charge is -2.38. The first-order valence-electron chi connectivity index (χ1n) is 8.96. The van der Waals surface area contributed by atoms with Crippen LogP contribution >= 0.6 is 11.3 Å². The minimum atomic E-state index is -7.86. The number of fused-ring (bicyclic) bond motifs is 1. The number of hydrogen-bond acceptors (Lipinski definition) is 4. The topological polar surface area (TPSA) is 55.4 Å². The number of nitrogens with one attached hydrogen (secondary N) is 1. The zero-order chi connectivity index (χ0) is 27.2. The molecule has 2 rings (SSSR count). The van der Waals surface area contributed by atoms with Crippen LogP contribution in [0.1, 0.15) is 17.3 Å². The number of esters is 1. The molecule has 0 unspecified atom stereocenters. The minimum Gasteiger partial charge on any atom is -0.462 e. The van der Waals surface area contributed by atoms with Crippen molar-refractivity contribution < 1.29 is 67.0 Å². The van der Waals surface area contributed by atoms with Crippen LogP contribution in [0, 0.1) is 0 Å². The van der Waals surface area contributed by atoms with E-state index < -0.39 is 58.5 Å². The number of rotatable bonds is 9. The molecule has 0 aliphatic rings. The molecule has 196 valence electrons. The Balaban J connectivity index is 2.54. The van der Waals surface area contributed by atoms with Crippen molar-refractivity contribution in [1.82, 2.24) is 0 Å². The molecule has 0 saturated heterocycles. The number of carbonyl (C=O) groups excluding carboxylic acids is 2. The van der Waals surface area contributed by atoms with Gasteiger partial charge < -0.3 is 10.1 Å². The van der Waals surface area contributed by atoms with Crippen LogP contribution in [0.3, 0.4) is 0 Å². The normalized spacial score (nSPS) is 13.9. The highest BCUT2D eigenvalue weighted by Crippen LogP contribution is 2.58. The number of benzene rings is 1. The van der Waals surface area contributed by atoms with E-state index in [0.29, 0.717) is 0 Å². The average Bonchev–Trinajstić information content (AvgIpc) is 3.10. The smallest absolute Gasteiger partial charge is 0.393 e. The summed E-state index contributed by atoms with van der Waals surface area (Å²) in [5.74, 6) is -42.0. The van der Waals surface area contributed by atoms with Crippen molar-refractivity contribution in [3.63, 3.8) is 0 Å². The molecule has 0 saturated carbocycles. The van der Waals surface area contributed by atoms with Crippen molar-refractivity contribution in [2.75, 3.05) is 11.9 Å². The summed E-state index contributed by atoms with van der Waals surface area (Å²) in [4.78, 5) is 24.0. The van der Waals surface area contributed by atoms with E-state index in [2.05, 4.69) is 4.74 Å². The maximum Gasteiger partial charge on any atom is 0.393 e. The van der Waals surface area contributed by atoms with Gasteiger partial charge in [-0.15, -0.1) is 11.3 Å². The molecule has 1 N–H and O–H groups in total. The van der Waals surface area contributed by atoms with E-state index in [1.807, 2.05) is 0 Å². The standard InChI is InChI=1S/C18H11F12NO3S/c1-2-34-11(32)9-7-5-3-4-6-8(7)35-10(9)31-13(33)15(23,24)17(27,28)18(29,30)16(25,26)14(21,22)12(19)20/h3-6,12H,2H2,1H3,(H,31,33). The van der Waals surface area contributed by atoms with Gasteiger partial charge in [-0.3, -0.25) is 4.79 Å². The zero-order valence-corrected chi connectivity index (χ0v) is 17.6. The maximum atomic E-state index is 14.1. The van der Waals surface area contributed by atoms with Crippen molar-refractivity contribution in [2.45, 2.75) is 43.0 Å². The van der Waals surface area contributed by atoms with Crippen LogP contribution in [-0.2, 0) is 9.53 Å². The Labute approximate surface area is 190 Å². The third kappa shape index (κ3) is 4.27. The summed E-state index contributed by atoms with van der Waals surface area (Å²) in [6.07, 6.45) is -5.66. The summed E-state index contributed by atoms with van der Waals surface area (Å²) < 4.78 is 165. The molecule has 0 aliphatic carbocycles. The van der Waals surface area contributed by atoms with E-state index in [1.165, 1.54) is 31.2 Å². The lowest BCUT2D eigenvalue weighted by atomic mass is 9.94. The van der Waals surface area contributed by atoms with Crippen molar-refractivity contribution in [3.8, 4) is 0 Å². The third-order valence-electron chi connectivity index (χ3n) is 4.46. The van der Waals surface area contributed by atoms with Gasteiger partial charge in [-0.05, 0) is 13.0 Å². The van der Waals surface area contributed by atoms with Crippen LogP contribution in [0.25, 0.3) is 10.1 Å². The fourth-order valence-corrected chi connectivity index (χ4v) is 3.69. The second-order valence-corrected chi connectivity index (χ2v) is 7.75. The van der Waals surface area contributed by atoms with Gasteiger partial charge in [0.2, 0.25) is 0 Å². The van der Waals surface area contributed by atoms with Crippen molar-refractivity contribution in [3.05, 3.63) is 29.8 Å². The summed E-state index contributed by atoms with van der Waals surface area (Å²) in [6, 6.07) is 5.12. The summed E-state index contributed by atoms with van der Waals surface area (Å²) >= 11 is 0.289. The van der Waals surface area contributed by atoms with Crippen molar-refractivity contribution in [1.29, 1.82) is 0 Å². The second kappa shape index (κ2) is 9.05. The van der Waals surface area contributed by atoms with Crippen LogP contribution in [0.5, 0.6) is 0 Å². The van der Waals surface area contributed by atoms with E-state index in [1.54, 1.807) is 0 Å². The Kier molecular flexibility index (Phi) is 7.38. The van der Waals surface area contributed by atoms with Gasteiger partial charge in [0.05, 0.1) is 6.61 Å². The van der Waals surface area contributed by atoms with E-state index in [9.17, 15) is 62.3 Å². The third-order valence-corrected chi connectivity index (χ3v) is 5.55. The second-order valence-electron chi connectivity index (χ2n) is 6.70. The Morgan fingerprint density at radius 3 is 1.97 bits per heavy atom. The number of alkyl halides is 12. The van der Waals surface area contributed by atoms with Gasteiger partial charge in [0.25, 0.3) is 0 Å². The molecule has 2 aromatic rings. The molecular weight excluding hydrogens is 538 g/mol. The van der Waals surface area contributed by atoms with Gasteiger partial charge in [-0.1, -0.05) is 18.2 Å². The molecule has 0 bridgehead atoms. The predicted octanol–water partition coefficient (Wildman–Crippen LogP) is 6.46. The number of anilines is 1. The summed E-state index contributed by atoms with van der Waals surface area (Å²) in [5.41, 5.74) is -0.693. The van der Waals surface area contributed by atoms with Gasteiger partial charge >= 0.3 is 47.9 Å². The number of halogens is 12. The Bertz CT molecular complexity index is 1120. The Morgan fingerprint density at radius 2 is 1.46 bits per heavy atom. The fourth-order valence-electron chi connectivity index (χ4n) is 2.60. The number of ether oxygens (including phenoxy) is 1. The van der Waals surface area contributed by atoms with E-state index in [-0.39, 0.29) is 28.0 Å². The molecule has 1 aromatic heterocycles. The maximum absolute atomic E-state index is 14.1. The first-order valence-corrected chi connectivity index (χ1v) is 9.78. The zero-order valence-electron chi connectivity index (χ0n) is 16.8. The van der Waals surface area contributed by atoms with Crippen molar-refractivity contribution >= 4 is 38.3 Å². The molecule has 0 radical (unpaired) electrons. The SMILES string of the molecule is CCOC(=O)c1c(NC(=O)C(F)(F)C(F)(F)C(F)(F)C(F)(F)C(F)(F)C(F)F)sc2ccccc12. The van der Waals surface area contributed by atoms with Gasteiger partial charge in [0.15, 0.2) is 0 Å². The Morgan fingerprint density at radius 1 is 0.914 bits per heavy atom. The number of amides is 1. The largest absolute Gasteiger partial charge is 0.462 e.